The fraction of sp³-hybridized carbons (Fsp3) is 0.304. The van der Waals surface area contributed by atoms with E-state index in [1.165, 1.54) is 18.2 Å². The average molecular weight is 462 g/mol. The van der Waals surface area contributed by atoms with E-state index in [0.717, 1.165) is 11.3 Å². The van der Waals surface area contributed by atoms with Crippen LogP contribution in [0.4, 0.5) is 19.6 Å². The minimum Gasteiger partial charge on any atom is -0.396 e. The number of aryl methyl sites for hydroxylation is 1. The lowest BCUT2D eigenvalue weighted by Crippen LogP contribution is -2.18. The van der Waals surface area contributed by atoms with Crippen molar-refractivity contribution in [3.63, 3.8) is 0 Å². The van der Waals surface area contributed by atoms with Crippen LogP contribution in [-0.4, -0.2) is 27.7 Å². The minimum atomic E-state index is -1.07. The molecule has 1 amide bonds. The van der Waals surface area contributed by atoms with Gasteiger partial charge in [-0.25, -0.2) is 13.8 Å². The van der Waals surface area contributed by atoms with Crippen molar-refractivity contribution >= 4 is 28.1 Å². The Kier molecular flexibility index (Phi) is 6.64. The predicted octanol–water partition coefficient (Wildman–Crippen LogP) is 4.56. The maximum atomic E-state index is 14.8. The van der Waals surface area contributed by atoms with E-state index in [1.54, 1.807) is 39.8 Å². The molecule has 0 saturated heterocycles. The lowest BCUT2D eigenvalue weighted by atomic mass is 9.97. The van der Waals surface area contributed by atoms with Gasteiger partial charge in [-0.1, -0.05) is 13.0 Å². The summed E-state index contributed by atoms with van der Waals surface area (Å²) in [5, 5.41) is 22.8. The highest BCUT2D eigenvalue weighted by molar-refractivity contribution is 7.20. The standard InChI is InChI=1S/C23H25F2N3O3S/c1-11(10-29)13-7-16(24)20(17(25)8-13)18-9-14(21(26)30)22(32-18)28-19-6-5-15(12(2)27-19)23(3,4)31/h5-9,11,29,31H,10H2,1-4H3,(H2,26,30)(H,27,28). The van der Waals surface area contributed by atoms with Crippen LogP contribution in [0.25, 0.3) is 10.4 Å². The molecule has 1 aromatic carbocycles. The van der Waals surface area contributed by atoms with Gasteiger partial charge in [-0.05, 0) is 50.6 Å². The van der Waals surface area contributed by atoms with E-state index in [2.05, 4.69) is 10.3 Å². The molecule has 1 unspecified atom stereocenters. The second kappa shape index (κ2) is 8.93. The Morgan fingerprint density at radius 3 is 2.38 bits per heavy atom. The van der Waals surface area contributed by atoms with Crippen LogP contribution in [0.1, 0.15) is 53.9 Å². The molecule has 0 radical (unpaired) electrons. The van der Waals surface area contributed by atoms with Gasteiger partial charge in [0, 0.05) is 28.7 Å². The molecule has 0 aliphatic heterocycles. The summed E-state index contributed by atoms with van der Waals surface area (Å²) in [6, 6.07) is 7.04. The Bertz CT molecular complexity index is 1150. The van der Waals surface area contributed by atoms with Crippen molar-refractivity contribution in [3.05, 3.63) is 64.4 Å². The first kappa shape index (κ1) is 23.8. The van der Waals surface area contributed by atoms with Gasteiger partial charge < -0.3 is 21.3 Å². The number of carbonyl (C=O) groups excluding carboxylic acids is 1. The first-order valence-corrected chi connectivity index (χ1v) is 10.7. The molecule has 0 saturated carbocycles. The molecule has 32 heavy (non-hydrogen) atoms. The van der Waals surface area contributed by atoms with Gasteiger partial charge in [0.1, 0.15) is 22.5 Å². The van der Waals surface area contributed by atoms with Gasteiger partial charge in [-0.2, -0.15) is 0 Å². The van der Waals surface area contributed by atoms with Gasteiger partial charge in [0.15, 0.2) is 0 Å². The van der Waals surface area contributed by atoms with E-state index in [1.807, 2.05) is 0 Å². The number of amides is 1. The summed E-state index contributed by atoms with van der Waals surface area (Å²) >= 11 is 0.969. The molecule has 3 aromatic rings. The maximum Gasteiger partial charge on any atom is 0.251 e. The molecule has 0 aliphatic rings. The third kappa shape index (κ3) is 4.79. The molecule has 9 heteroatoms. The molecule has 1 atom stereocenters. The van der Waals surface area contributed by atoms with Crippen LogP contribution in [0.5, 0.6) is 0 Å². The smallest absolute Gasteiger partial charge is 0.251 e. The van der Waals surface area contributed by atoms with Crippen LogP contribution in [0.2, 0.25) is 0 Å². The highest BCUT2D eigenvalue weighted by Crippen LogP contribution is 2.40. The summed E-state index contributed by atoms with van der Waals surface area (Å²) in [6.07, 6.45) is 0. The number of pyridine rings is 1. The molecule has 0 bridgehead atoms. The second-order valence-electron chi connectivity index (χ2n) is 8.17. The molecule has 170 valence electrons. The Labute approximate surface area is 188 Å². The van der Waals surface area contributed by atoms with Crippen molar-refractivity contribution < 1.29 is 23.8 Å². The maximum absolute atomic E-state index is 14.8. The Balaban J connectivity index is 2.02. The number of primary amides is 1. The molecular formula is C23H25F2N3O3S. The van der Waals surface area contributed by atoms with E-state index < -0.39 is 29.1 Å². The number of thiophene rings is 1. The first-order valence-electron chi connectivity index (χ1n) is 9.93. The SMILES string of the molecule is Cc1nc(Nc2sc(-c3c(F)cc(C(C)CO)cc3F)cc2C(N)=O)ccc1C(C)(C)O. The Morgan fingerprint density at radius 1 is 1.25 bits per heavy atom. The van der Waals surface area contributed by atoms with Crippen molar-refractivity contribution in [1.82, 2.24) is 4.98 Å². The van der Waals surface area contributed by atoms with E-state index in [4.69, 9.17) is 5.73 Å². The predicted molar refractivity (Wildman–Crippen MR) is 121 cm³/mol. The van der Waals surface area contributed by atoms with Gasteiger partial charge in [0.05, 0.1) is 16.7 Å². The van der Waals surface area contributed by atoms with Crippen molar-refractivity contribution in [1.29, 1.82) is 0 Å². The molecule has 2 aromatic heterocycles. The largest absolute Gasteiger partial charge is 0.396 e. The molecule has 5 N–H and O–H groups in total. The summed E-state index contributed by atoms with van der Waals surface area (Å²) in [6.45, 7) is 6.46. The number of nitrogens with two attached hydrogens (primary N) is 1. The number of rotatable bonds is 7. The number of halogens is 2. The molecule has 0 fully saturated rings. The summed E-state index contributed by atoms with van der Waals surface area (Å²) in [4.78, 5) is 16.6. The van der Waals surface area contributed by atoms with E-state index in [-0.39, 0.29) is 22.6 Å². The van der Waals surface area contributed by atoms with Crippen LogP contribution in [0, 0.1) is 18.6 Å². The van der Waals surface area contributed by atoms with E-state index in [0.29, 0.717) is 27.6 Å². The second-order valence-corrected chi connectivity index (χ2v) is 9.23. The number of nitrogens with one attached hydrogen (secondary N) is 1. The van der Waals surface area contributed by atoms with Crippen LogP contribution in [0.15, 0.2) is 30.3 Å². The number of hydrogen-bond donors (Lipinski definition) is 4. The monoisotopic (exact) mass is 461 g/mol. The van der Waals surface area contributed by atoms with Crippen LogP contribution < -0.4 is 11.1 Å². The minimum absolute atomic E-state index is 0.0719. The van der Waals surface area contributed by atoms with Gasteiger partial charge >= 0.3 is 0 Å². The van der Waals surface area contributed by atoms with E-state index >= 15 is 0 Å². The van der Waals surface area contributed by atoms with Crippen LogP contribution >= 0.6 is 11.3 Å². The molecule has 0 aliphatic carbocycles. The number of aromatic nitrogens is 1. The summed E-state index contributed by atoms with van der Waals surface area (Å²) in [5.41, 5.74) is 5.78. The number of aliphatic hydroxyl groups excluding tert-OH is 1. The van der Waals surface area contributed by atoms with Gasteiger partial charge in [-0.15, -0.1) is 11.3 Å². The van der Waals surface area contributed by atoms with Gasteiger partial charge in [-0.3, -0.25) is 4.79 Å². The Morgan fingerprint density at radius 2 is 1.88 bits per heavy atom. The Hall–Kier alpha value is -2.88. The van der Waals surface area contributed by atoms with Crippen molar-refractivity contribution in [2.45, 2.75) is 39.2 Å². The number of benzene rings is 1. The zero-order chi connectivity index (χ0) is 23.8. The molecule has 2 heterocycles. The third-order valence-corrected chi connectivity index (χ3v) is 6.21. The van der Waals surface area contributed by atoms with Crippen LogP contribution in [-0.2, 0) is 5.60 Å². The molecule has 6 nitrogen and oxygen atoms in total. The lowest BCUT2D eigenvalue weighted by molar-refractivity contribution is 0.0775. The zero-order valence-electron chi connectivity index (χ0n) is 18.2. The summed E-state index contributed by atoms with van der Waals surface area (Å²) in [5.74, 6) is -2.39. The number of aliphatic hydroxyl groups is 2. The fourth-order valence-corrected chi connectivity index (χ4v) is 4.52. The first-order chi connectivity index (χ1) is 14.9. The lowest BCUT2D eigenvalue weighted by Gasteiger charge is -2.20. The summed E-state index contributed by atoms with van der Waals surface area (Å²) in [7, 11) is 0. The topological polar surface area (TPSA) is 108 Å². The average Bonchev–Trinajstić information content (AvgIpc) is 3.09. The van der Waals surface area contributed by atoms with Crippen LogP contribution in [0.3, 0.4) is 0 Å². The molecule has 3 rings (SSSR count). The van der Waals surface area contributed by atoms with E-state index in [9.17, 15) is 23.8 Å². The highest BCUT2D eigenvalue weighted by atomic mass is 32.1. The fourth-order valence-electron chi connectivity index (χ4n) is 3.40. The van der Waals surface area contributed by atoms with Gasteiger partial charge in [0.2, 0.25) is 0 Å². The molecular weight excluding hydrogens is 436 g/mol. The van der Waals surface area contributed by atoms with Crippen molar-refractivity contribution in [2.75, 3.05) is 11.9 Å². The molecule has 0 spiro atoms. The number of nitrogens with zero attached hydrogens (tertiary/aromatic N) is 1. The summed E-state index contributed by atoms with van der Waals surface area (Å²) < 4.78 is 29.6. The van der Waals surface area contributed by atoms with Crippen molar-refractivity contribution in [3.8, 4) is 10.4 Å². The normalized spacial score (nSPS) is 12.6. The van der Waals surface area contributed by atoms with Gasteiger partial charge in [0.25, 0.3) is 5.91 Å². The quantitative estimate of drug-likeness (QED) is 0.412. The number of carbonyl (C=O) groups is 1. The third-order valence-electron chi connectivity index (χ3n) is 5.14. The number of anilines is 2. The van der Waals surface area contributed by atoms with Crippen molar-refractivity contribution in [2.24, 2.45) is 5.73 Å². The highest BCUT2D eigenvalue weighted by Gasteiger charge is 2.23. The number of hydrogen-bond acceptors (Lipinski definition) is 6. The zero-order valence-corrected chi connectivity index (χ0v) is 19.0.